The van der Waals surface area contributed by atoms with Crippen molar-refractivity contribution in [1.29, 1.82) is 0 Å². The van der Waals surface area contributed by atoms with E-state index in [0.29, 0.717) is 21.4 Å². The maximum absolute atomic E-state index is 5.51. The summed E-state index contributed by atoms with van der Waals surface area (Å²) < 4.78 is 0.391. The highest BCUT2D eigenvalue weighted by molar-refractivity contribution is 8.00. The first-order valence-electron chi connectivity index (χ1n) is 5.07. The van der Waals surface area contributed by atoms with Crippen molar-refractivity contribution >= 4 is 34.9 Å². The Morgan fingerprint density at radius 2 is 2.44 bits per heavy atom. The molecule has 0 spiro atoms. The van der Waals surface area contributed by atoms with Gasteiger partial charge in [0.1, 0.15) is 10.7 Å². The zero-order valence-corrected chi connectivity index (χ0v) is 10.7. The molecule has 1 saturated carbocycles. The Morgan fingerprint density at radius 1 is 1.69 bits per heavy atom. The van der Waals surface area contributed by atoms with Crippen molar-refractivity contribution in [2.45, 2.75) is 17.6 Å². The summed E-state index contributed by atoms with van der Waals surface area (Å²) >= 11 is 6.77. The van der Waals surface area contributed by atoms with Crippen molar-refractivity contribution in [3.63, 3.8) is 0 Å². The number of nitrogens with two attached hydrogens (primary N) is 1. The van der Waals surface area contributed by atoms with Gasteiger partial charge in [-0.15, -0.1) is 0 Å². The van der Waals surface area contributed by atoms with E-state index in [9.17, 15) is 0 Å². The minimum Gasteiger partial charge on any atom is -0.388 e. The van der Waals surface area contributed by atoms with Crippen molar-refractivity contribution in [1.82, 2.24) is 9.97 Å². The summed E-state index contributed by atoms with van der Waals surface area (Å²) in [5.41, 5.74) is 6.12. The highest BCUT2D eigenvalue weighted by Crippen LogP contribution is 2.46. The summed E-state index contributed by atoms with van der Waals surface area (Å²) in [6.07, 6.45) is 6.33. The van der Waals surface area contributed by atoms with Gasteiger partial charge in [0, 0.05) is 17.5 Å². The van der Waals surface area contributed by atoms with Crippen LogP contribution in [-0.2, 0) is 0 Å². The molecule has 0 saturated heterocycles. The molecule has 86 valence electrons. The first-order valence-corrected chi connectivity index (χ1v) is 6.70. The van der Waals surface area contributed by atoms with Crippen LogP contribution in [0.2, 0.25) is 0 Å². The number of nitrogens with zero attached hydrogens (tertiary/aromatic N) is 2. The third-order valence-electron chi connectivity index (χ3n) is 2.72. The van der Waals surface area contributed by atoms with E-state index in [0.717, 1.165) is 6.54 Å². The number of anilines is 1. The maximum atomic E-state index is 5.51. The van der Waals surface area contributed by atoms with Gasteiger partial charge < -0.3 is 11.1 Å². The van der Waals surface area contributed by atoms with Crippen LogP contribution in [0.5, 0.6) is 0 Å². The molecule has 4 nitrogen and oxygen atoms in total. The summed E-state index contributed by atoms with van der Waals surface area (Å²) in [6.45, 7) is 0.898. The molecule has 0 amide bonds. The molecule has 16 heavy (non-hydrogen) atoms. The van der Waals surface area contributed by atoms with Gasteiger partial charge in [0.05, 0.1) is 0 Å². The van der Waals surface area contributed by atoms with Gasteiger partial charge in [0.15, 0.2) is 0 Å². The second-order valence-corrected chi connectivity index (χ2v) is 5.58. The van der Waals surface area contributed by atoms with Crippen molar-refractivity contribution in [3.05, 3.63) is 18.0 Å². The van der Waals surface area contributed by atoms with E-state index >= 15 is 0 Å². The number of thioether (sulfide) groups is 1. The number of hydrogen-bond acceptors (Lipinski definition) is 5. The topological polar surface area (TPSA) is 63.8 Å². The Kier molecular flexibility index (Phi) is 3.30. The van der Waals surface area contributed by atoms with Crippen molar-refractivity contribution in [2.75, 3.05) is 18.1 Å². The van der Waals surface area contributed by atoms with E-state index in [1.54, 1.807) is 12.3 Å². The predicted molar refractivity (Wildman–Crippen MR) is 71.9 cm³/mol. The molecule has 6 heteroatoms. The largest absolute Gasteiger partial charge is 0.388 e. The summed E-state index contributed by atoms with van der Waals surface area (Å²) in [6, 6.07) is 1.72. The fraction of sp³-hybridized carbons (Fsp3) is 0.500. The molecule has 0 aromatic carbocycles. The zero-order chi connectivity index (χ0) is 11.6. The normalized spacial score (nSPS) is 16.8. The molecular formula is C10H14N4S2. The van der Waals surface area contributed by atoms with Gasteiger partial charge >= 0.3 is 0 Å². The zero-order valence-electron chi connectivity index (χ0n) is 9.06. The predicted octanol–water partition coefficient (Wildman–Crippen LogP) is 1.42. The Morgan fingerprint density at radius 3 is 3.00 bits per heavy atom. The fourth-order valence-electron chi connectivity index (χ4n) is 1.41. The quantitative estimate of drug-likeness (QED) is 0.775. The number of aromatic nitrogens is 2. The van der Waals surface area contributed by atoms with Crippen LogP contribution in [0.4, 0.5) is 5.95 Å². The molecule has 0 bridgehead atoms. The summed E-state index contributed by atoms with van der Waals surface area (Å²) in [7, 11) is 0. The van der Waals surface area contributed by atoms with E-state index < -0.39 is 0 Å². The van der Waals surface area contributed by atoms with Crippen LogP contribution in [0.3, 0.4) is 0 Å². The van der Waals surface area contributed by atoms with E-state index in [4.69, 9.17) is 18.0 Å². The lowest BCUT2D eigenvalue weighted by Gasteiger charge is -2.12. The Bertz CT molecular complexity index is 404. The van der Waals surface area contributed by atoms with Crippen molar-refractivity contribution < 1.29 is 0 Å². The Labute approximate surface area is 104 Å². The molecule has 1 heterocycles. The monoisotopic (exact) mass is 254 g/mol. The number of rotatable bonds is 5. The standard InChI is InChI=1S/C10H14N4S2/c1-16-10(3-4-10)6-13-9-12-5-2-7(14-9)8(11)15/h2,5H,3-4,6H2,1H3,(H2,11,15)(H,12,13,14). The van der Waals surface area contributed by atoms with E-state index in [1.807, 2.05) is 11.8 Å². The van der Waals surface area contributed by atoms with Crippen LogP contribution >= 0.6 is 24.0 Å². The summed E-state index contributed by atoms with van der Waals surface area (Å²) in [4.78, 5) is 8.68. The van der Waals surface area contributed by atoms with Gasteiger partial charge in [-0.3, -0.25) is 0 Å². The molecule has 0 atom stereocenters. The molecule has 0 unspecified atom stereocenters. The molecule has 0 radical (unpaired) electrons. The van der Waals surface area contributed by atoms with Gasteiger partial charge in [0.2, 0.25) is 5.95 Å². The molecular weight excluding hydrogens is 240 g/mol. The summed E-state index contributed by atoms with van der Waals surface area (Å²) in [5, 5.41) is 3.24. The molecule has 1 aromatic rings. The molecule has 1 aliphatic rings. The number of nitrogens with one attached hydrogen (secondary N) is 1. The van der Waals surface area contributed by atoms with Crippen molar-refractivity contribution in [2.24, 2.45) is 5.73 Å². The van der Waals surface area contributed by atoms with Gasteiger partial charge in [-0.1, -0.05) is 12.2 Å². The lowest BCUT2D eigenvalue weighted by atomic mass is 10.4. The van der Waals surface area contributed by atoms with Crippen LogP contribution in [0, 0.1) is 0 Å². The molecule has 1 fully saturated rings. The maximum Gasteiger partial charge on any atom is 0.223 e. The molecule has 3 N–H and O–H groups in total. The lowest BCUT2D eigenvalue weighted by molar-refractivity contribution is 0.925. The van der Waals surface area contributed by atoms with Crippen LogP contribution in [0.1, 0.15) is 18.5 Å². The van der Waals surface area contributed by atoms with Gasteiger partial charge in [-0.05, 0) is 25.2 Å². The second kappa shape index (κ2) is 4.55. The first kappa shape index (κ1) is 11.6. The Balaban J connectivity index is 1.99. The molecule has 0 aliphatic heterocycles. The van der Waals surface area contributed by atoms with Crippen LogP contribution in [-0.4, -0.2) is 32.5 Å². The summed E-state index contributed by atoms with van der Waals surface area (Å²) in [5.74, 6) is 0.602. The number of hydrogen-bond donors (Lipinski definition) is 2. The smallest absolute Gasteiger partial charge is 0.223 e. The molecule has 2 rings (SSSR count). The molecule has 1 aliphatic carbocycles. The van der Waals surface area contributed by atoms with E-state index in [1.165, 1.54) is 12.8 Å². The Hall–Kier alpha value is -0.880. The van der Waals surface area contributed by atoms with Gasteiger partial charge in [-0.2, -0.15) is 11.8 Å². The van der Waals surface area contributed by atoms with Crippen LogP contribution < -0.4 is 11.1 Å². The van der Waals surface area contributed by atoms with Gasteiger partial charge in [-0.25, -0.2) is 9.97 Å². The van der Waals surface area contributed by atoms with Crippen LogP contribution in [0.15, 0.2) is 12.3 Å². The van der Waals surface area contributed by atoms with Gasteiger partial charge in [0.25, 0.3) is 0 Å². The second-order valence-electron chi connectivity index (χ2n) is 3.87. The van der Waals surface area contributed by atoms with Crippen LogP contribution in [0.25, 0.3) is 0 Å². The van der Waals surface area contributed by atoms with E-state index in [-0.39, 0.29) is 0 Å². The highest BCUT2D eigenvalue weighted by atomic mass is 32.2. The first-order chi connectivity index (χ1) is 7.65. The lowest BCUT2D eigenvalue weighted by Crippen LogP contribution is -2.20. The third kappa shape index (κ3) is 2.62. The third-order valence-corrected chi connectivity index (χ3v) is 4.35. The van der Waals surface area contributed by atoms with Crippen molar-refractivity contribution in [3.8, 4) is 0 Å². The SMILES string of the molecule is CSC1(CNc2nccc(C(N)=S)n2)CC1. The number of thiocarbonyl (C=S) groups is 1. The molecule has 1 aromatic heterocycles. The van der Waals surface area contributed by atoms with E-state index in [2.05, 4.69) is 21.5 Å². The minimum atomic E-state index is 0.302. The fourth-order valence-corrected chi connectivity index (χ4v) is 2.25. The average Bonchev–Trinajstić information content (AvgIpc) is 3.07. The highest BCUT2D eigenvalue weighted by Gasteiger charge is 2.41. The average molecular weight is 254 g/mol. The minimum absolute atomic E-state index is 0.302.